The van der Waals surface area contributed by atoms with Gasteiger partial charge in [-0.1, -0.05) is 40.0 Å². The normalized spacial score (nSPS) is 11.9. The Hall–Kier alpha value is -0.320. The smallest absolute Gasteiger partial charge is 0.105 e. The number of hydrogen-bond acceptors (Lipinski definition) is 3. The molecule has 0 rings (SSSR count). The number of nitrogens with zero attached hydrogens (tertiary/aromatic N) is 1. The van der Waals surface area contributed by atoms with E-state index in [0.29, 0.717) is 0 Å². The second-order valence-electron chi connectivity index (χ2n) is 7.16. The van der Waals surface area contributed by atoms with Gasteiger partial charge in [0.2, 0.25) is 0 Å². The van der Waals surface area contributed by atoms with Gasteiger partial charge < -0.3 is 31.9 Å². The minimum Gasteiger partial charge on any atom is -1.00 e. The summed E-state index contributed by atoms with van der Waals surface area (Å²) in [5, 5.41) is 18.8. The zero-order chi connectivity index (χ0) is 18.8. The fourth-order valence-corrected chi connectivity index (χ4v) is 3.26. The monoisotopic (exact) mass is 380 g/mol. The van der Waals surface area contributed by atoms with Gasteiger partial charge in [-0.05, 0) is 52.4 Å². The first-order chi connectivity index (χ1) is 11.3. The summed E-state index contributed by atoms with van der Waals surface area (Å²) in [5.41, 5.74) is 0. The maximum atomic E-state index is 9.94. The maximum absolute atomic E-state index is 9.94. The third kappa shape index (κ3) is 21.6. The van der Waals surface area contributed by atoms with Crippen molar-refractivity contribution in [2.45, 2.75) is 98.5 Å². The van der Waals surface area contributed by atoms with Crippen LogP contribution in [0.2, 0.25) is 0 Å². The van der Waals surface area contributed by atoms with E-state index in [0.717, 1.165) is 18.0 Å². The van der Waals surface area contributed by atoms with E-state index in [1.807, 2.05) is 6.92 Å². The molecule has 0 fully saturated rings. The van der Waals surface area contributed by atoms with Crippen LogP contribution in [0.1, 0.15) is 92.4 Å². The first-order valence-corrected chi connectivity index (χ1v) is 10.0. The third-order valence-corrected chi connectivity index (χ3v) is 4.36. The lowest BCUT2D eigenvalue weighted by atomic mass is 10.1. The zero-order valence-electron chi connectivity index (χ0n) is 17.4. The van der Waals surface area contributed by atoms with Gasteiger partial charge in [-0.2, -0.15) is 0 Å². The van der Waals surface area contributed by atoms with E-state index in [-0.39, 0.29) is 18.5 Å². The number of aliphatic hydroxyl groups excluding tert-OH is 1. The number of carboxylic acids is 1. The SMILES string of the molecule is CC(=O)[O-].CCCCC[N+](CCCCC)(CCCCC)CC(C)O.[Cl-]. The van der Waals surface area contributed by atoms with Gasteiger partial charge in [-0.3, -0.25) is 0 Å². The highest BCUT2D eigenvalue weighted by Gasteiger charge is 2.27. The van der Waals surface area contributed by atoms with Gasteiger partial charge in [0.1, 0.15) is 12.6 Å². The molecule has 0 spiro atoms. The van der Waals surface area contributed by atoms with Crippen LogP contribution in [0.15, 0.2) is 0 Å². The number of carboxylic acid groups (broad SMARTS) is 1. The minimum atomic E-state index is -1.08. The molecule has 0 radical (unpaired) electrons. The molecule has 0 heterocycles. The Kier molecular flexibility index (Phi) is 23.6. The number of unbranched alkanes of at least 4 members (excludes halogenated alkanes) is 6. The van der Waals surface area contributed by atoms with Crippen LogP contribution in [0.4, 0.5) is 0 Å². The number of carbonyl (C=O) groups excluding carboxylic acids is 1. The lowest BCUT2D eigenvalue weighted by Gasteiger charge is -2.40. The Balaban J connectivity index is -0.000000867. The van der Waals surface area contributed by atoms with Crippen molar-refractivity contribution in [3.8, 4) is 0 Å². The number of aliphatic hydroxyl groups is 1. The van der Waals surface area contributed by atoms with Crippen LogP contribution in [-0.2, 0) is 4.79 Å². The molecule has 25 heavy (non-hydrogen) atoms. The fraction of sp³-hybridized carbons (Fsp3) is 0.950. The van der Waals surface area contributed by atoms with Crippen LogP contribution in [0.25, 0.3) is 0 Å². The van der Waals surface area contributed by atoms with Crippen LogP contribution < -0.4 is 17.5 Å². The second kappa shape index (κ2) is 20.0. The Labute approximate surface area is 163 Å². The van der Waals surface area contributed by atoms with Crippen LogP contribution in [-0.4, -0.2) is 47.8 Å². The summed E-state index contributed by atoms with van der Waals surface area (Å²) in [6.07, 6.45) is 11.7. The van der Waals surface area contributed by atoms with Gasteiger partial charge in [0, 0.05) is 5.97 Å². The van der Waals surface area contributed by atoms with Gasteiger partial charge in [-0.25, -0.2) is 0 Å². The molecule has 0 aromatic carbocycles. The van der Waals surface area contributed by atoms with Gasteiger partial charge in [-0.15, -0.1) is 0 Å². The highest BCUT2D eigenvalue weighted by Crippen LogP contribution is 2.17. The molecule has 0 saturated carbocycles. The van der Waals surface area contributed by atoms with Crippen molar-refractivity contribution in [2.24, 2.45) is 0 Å². The van der Waals surface area contributed by atoms with E-state index in [4.69, 9.17) is 9.90 Å². The zero-order valence-corrected chi connectivity index (χ0v) is 18.1. The quantitative estimate of drug-likeness (QED) is 0.353. The highest BCUT2D eigenvalue weighted by molar-refractivity contribution is 5.60. The molecule has 0 aliphatic rings. The van der Waals surface area contributed by atoms with Crippen LogP contribution >= 0.6 is 0 Å². The molecule has 1 N–H and O–H groups in total. The number of rotatable bonds is 14. The molecule has 0 aliphatic heterocycles. The number of carbonyl (C=O) groups is 1. The summed E-state index contributed by atoms with van der Waals surface area (Å²) in [7, 11) is 0. The average molecular weight is 381 g/mol. The van der Waals surface area contributed by atoms with Gasteiger partial charge in [0.25, 0.3) is 0 Å². The summed E-state index contributed by atoms with van der Waals surface area (Å²) < 4.78 is 1.16. The first kappa shape index (κ1) is 29.4. The van der Waals surface area contributed by atoms with Crippen molar-refractivity contribution >= 4 is 5.97 Å². The number of aliphatic carboxylic acids is 1. The molecule has 1 atom stereocenters. The number of hydrogen-bond donors (Lipinski definition) is 1. The lowest BCUT2D eigenvalue weighted by Crippen LogP contribution is -3.00. The summed E-state index contributed by atoms with van der Waals surface area (Å²) >= 11 is 0. The molecule has 0 bridgehead atoms. The second-order valence-corrected chi connectivity index (χ2v) is 7.16. The molecule has 0 saturated heterocycles. The van der Waals surface area contributed by atoms with Crippen molar-refractivity contribution in [2.75, 3.05) is 26.2 Å². The largest absolute Gasteiger partial charge is 1.00 e. The third-order valence-electron chi connectivity index (χ3n) is 4.36. The van der Waals surface area contributed by atoms with E-state index < -0.39 is 5.97 Å². The Morgan fingerprint density at radius 3 is 1.36 bits per heavy atom. The lowest BCUT2D eigenvalue weighted by molar-refractivity contribution is -0.931. The molecule has 5 heteroatoms. The van der Waals surface area contributed by atoms with E-state index in [2.05, 4.69) is 20.8 Å². The van der Waals surface area contributed by atoms with Gasteiger partial charge >= 0.3 is 0 Å². The Morgan fingerprint density at radius 2 is 1.16 bits per heavy atom. The van der Waals surface area contributed by atoms with Gasteiger partial charge in [0.05, 0.1) is 19.6 Å². The summed E-state index contributed by atoms with van der Waals surface area (Å²) in [6.45, 7) is 14.5. The predicted octanol–water partition coefficient (Wildman–Crippen LogP) is 0.515. The Bertz CT molecular complexity index is 256. The van der Waals surface area contributed by atoms with Crippen LogP contribution in [0, 0.1) is 0 Å². The van der Waals surface area contributed by atoms with Crippen molar-refractivity contribution < 1.29 is 31.9 Å². The van der Waals surface area contributed by atoms with E-state index in [9.17, 15) is 5.11 Å². The minimum absolute atomic E-state index is 0. The van der Waals surface area contributed by atoms with E-state index in [1.165, 1.54) is 77.4 Å². The number of quaternary nitrogens is 1. The van der Waals surface area contributed by atoms with Crippen molar-refractivity contribution in [1.82, 2.24) is 0 Å². The van der Waals surface area contributed by atoms with E-state index in [1.54, 1.807) is 0 Å². The van der Waals surface area contributed by atoms with Crippen molar-refractivity contribution in [3.63, 3.8) is 0 Å². The van der Waals surface area contributed by atoms with Crippen LogP contribution in [0.3, 0.4) is 0 Å². The fourth-order valence-electron chi connectivity index (χ4n) is 3.26. The molecular weight excluding hydrogens is 338 g/mol. The topological polar surface area (TPSA) is 60.4 Å². The maximum Gasteiger partial charge on any atom is 0.105 e. The molecule has 1 unspecified atom stereocenters. The predicted molar refractivity (Wildman–Crippen MR) is 101 cm³/mol. The highest BCUT2D eigenvalue weighted by atomic mass is 35.5. The Morgan fingerprint density at radius 1 is 0.880 bits per heavy atom. The van der Waals surface area contributed by atoms with Crippen molar-refractivity contribution in [1.29, 1.82) is 0 Å². The van der Waals surface area contributed by atoms with E-state index >= 15 is 0 Å². The summed E-state index contributed by atoms with van der Waals surface area (Å²) in [5.74, 6) is -1.08. The first-order valence-electron chi connectivity index (χ1n) is 10.0. The molecule has 0 aromatic rings. The molecule has 0 aromatic heterocycles. The summed E-state index contributed by atoms with van der Waals surface area (Å²) in [4.78, 5) is 8.89. The van der Waals surface area contributed by atoms with Crippen LogP contribution in [0.5, 0.6) is 0 Å². The molecule has 0 amide bonds. The summed E-state index contributed by atoms with van der Waals surface area (Å²) in [6, 6.07) is 0. The van der Waals surface area contributed by atoms with Crippen molar-refractivity contribution in [3.05, 3.63) is 0 Å². The molecule has 154 valence electrons. The standard InChI is InChI=1S/C18H40NO.C2H4O2.ClH/c1-5-8-11-14-19(17-18(4)20,15-12-9-6-2)16-13-10-7-3;1-2(3)4;/h18,20H,5-17H2,1-4H3;1H3,(H,3,4);1H/q+1;;/p-2. The molecule has 4 nitrogen and oxygen atoms in total. The average Bonchev–Trinajstić information content (AvgIpc) is 2.47. The number of halogens is 1. The molecule has 0 aliphatic carbocycles. The molecular formula is C20H43ClNO3-. The van der Waals surface area contributed by atoms with Gasteiger partial charge in [0.15, 0.2) is 0 Å².